The SMILES string of the molecule is CC1(C(=O)O)CCC(OC2CCN(c3ccc(-c4nc5ccccc5[nH]4)cn3)CC2)CC1. The van der Waals surface area contributed by atoms with Gasteiger partial charge < -0.3 is 19.7 Å². The highest BCUT2D eigenvalue weighted by Crippen LogP contribution is 2.38. The Bertz CT molecular complexity index is 1050. The summed E-state index contributed by atoms with van der Waals surface area (Å²) >= 11 is 0. The molecule has 5 rings (SSSR count). The van der Waals surface area contributed by atoms with Crippen molar-refractivity contribution in [2.45, 2.75) is 57.7 Å². The van der Waals surface area contributed by atoms with E-state index in [1.807, 2.05) is 37.4 Å². The van der Waals surface area contributed by atoms with E-state index >= 15 is 0 Å². The maximum Gasteiger partial charge on any atom is 0.309 e. The van der Waals surface area contributed by atoms with E-state index in [-0.39, 0.29) is 12.2 Å². The van der Waals surface area contributed by atoms with Gasteiger partial charge >= 0.3 is 5.97 Å². The normalized spacial score (nSPS) is 24.7. The molecule has 2 N–H and O–H groups in total. The van der Waals surface area contributed by atoms with Crippen molar-refractivity contribution in [3.63, 3.8) is 0 Å². The largest absolute Gasteiger partial charge is 0.481 e. The van der Waals surface area contributed by atoms with Crippen molar-refractivity contribution in [2.75, 3.05) is 18.0 Å². The molecule has 0 unspecified atom stereocenters. The number of aromatic amines is 1. The van der Waals surface area contributed by atoms with Crippen molar-refractivity contribution in [1.82, 2.24) is 15.0 Å². The number of aromatic nitrogens is 3. The predicted molar refractivity (Wildman–Crippen MR) is 124 cm³/mol. The average molecular weight is 435 g/mol. The summed E-state index contributed by atoms with van der Waals surface area (Å²) in [5.74, 6) is 1.14. The molecule has 168 valence electrons. The van der Waals surface area contributed by atoms with Crippen LogP contribution in [0.3, 0.4) is 0 Å². The fraction of sp³-hybridized carbons (Fsp3) is 0.480. The van der Waals surface area contributed by atoms with Crippen LogP contribution in [0.4, 0.5) is 5.82 Å². The van der Waals surface area contributed by atoms with Gasteiger partial charge in [-0.15, -0.1) is 0 Å². The first kappa shape index (κ1) is 20.9. The Morgan fingerprint density at radius 3 is 2.47 bits per heavy atom. The van der Waals surface area contributed by atoms with E-state index in [2.05, 4.69) is 27.0 Å². The Morgan fingerprint density at radius 2 is 1.81 bits per heavy atom. The molecule has 2 aromatic heterocycles. The number of imidazole rings is 1. The third kappa shape index (κ3) is 4.21. The number of rotatable bonds is 5. The lowest BCUT2D eigenvalue weighted by atomic mass is 9.75. The van der Waals surface area contributed by atoms with Crippen LogP contribution in [0.2, 0.25) is 0 Å². The number of piperidine rings is 1. The molecule has 3 aromatic rings. The number of nitrogens with one attached hydrogen (secondary N) is 1. The zero-order valence-corrected chi connectivity index (χ0v) is 18.5. The van der Waals surface area contributed by atoms with Crippen LogP contribution in [0.1, 0.15) is 45.4 Å². The number of benzene rings is 1. The Balaban J connectivity index is 1.14. The van der Waals surface area contributed by atoms with Crippen molar-refractivity contribution in [2.24, 2.45) is 5.41 Å². The molecular weight excluding hydrogens is 404 g/mol. The van der Waals surface area contributed by atoms with Crippen LogP contribution in [0.25, 0.3) is 22.4 Å². The van der Waals surface area contributed by atoms with Crippen LogP contribution in [0.15, 0.2) is 42.6 Å². The fourth-order valence-electron chi connectivity index (χ4n) is 4.87. The molecule has 7 nitrogen and oxygen atoms in total. The second kappa shape index (κ2) is 8.54. The molecule has 2 fully saturated rings. The number of hydrogen-bond acceptors (Lipinski definition) is 5. The zero-order chi connectivity index (χ0) is 22.1. The molecule has 0 spiro atoms. The van der Waals surface area contributed by atoms with Crippen molar-refractivity contribution >= 4 is 22.8 Å². The fourth-order valence-corrected chi connectivity index (χ4v) is 4.87. The number of carboxylic acid groups (broad SMARTS) is 1. The van der Waals surface area contributed by atoms with Crippen LogP contribution < -0.4 is 4.90 Å². The number of aliphatic carboxylic acids is 1. The van der Waals surface area contributed by atoms with Crippen LogP contribution in [0.5, 0.6) is 0 Å². The monoisotopic (exact) mass is 434 g/mol. The second-order valence-electron chi connectivity index (χ2n) is 9.40. The van der Waals surface area contributed by atoms with E-state index in [0.717, 1.165) is 67.0 Å². The number of hydrogen-bond donors (Lipinski definition) is 2. The van der Waals surface area contributed by atoms with E-state index < -0.39 is 11.4 Å². The molecule has 1 aromatic carbocycles. The van der Waals surface area contributed by atoms with E-state index in [1.54, 1.807) is 0 Å². The van der Waals surface area contributed by atoms with Gasteiger partial charge in [-0.25, -0.2) is 9.97 Å². The molecule has 1 aliphatic carbocycles. The lowest BCUT2D eigenvalue weighted by molar-refractivity contribution is -0.152. The Hall–Kier alpha value is -2.93. The van der Waals surface area contributed by atoms with E-state index in [1.165, 1.54) is 0 Å². The summed E-state index contributed by atoms with van der Waals surface area (Å²) < 4.78 is 6.34. The highest BCUT2D eigenvalue weighted by molar-refractivity contribution is 5.79. The third-order valence-electron chi connectivity index (χ3n) is 7.11. The van der Waals surface area contributed by atoms with Crippen molar-refractivity contribution in [3.8, 4) is 11.4 Å². The minimum Gasteiger partial charge on any atom is -0.481 e. The van der Waals surface area contributed by atoms with Gasteiger partial charge in [-0.05, 0) is 69.7 Å². The number of H-pyrrole nitrogens is 1. The van der Waals surface area contributed by atoms with Gasteiger partial charge in [0.25, 0.3) is 0 Å². The van der Waals surface area contributed by atoms with Gasteiger partial charge in [0.1, 0.15) is 11.6 Å². The standard InChI is InChI=1S/C25H30N4O3/c1-25(24(30)31)12-8-18(9-13-25)32-19-10-14-29(15-11-19)22-7-6-17(16-26-22)23-27-20-4-2-3-5-21(20)28-23/h2-7,16,18-19H,8-15H2,1H3,(H,27,28)(H,30,31). The summed E-state index contributed by atoms with van der Waals surface area (Å²) in [4.78, 5) is 26.4. The molecule has 1 saturated carbocycles. The van der Waals surface area contributed by atoms with Crippen molar-refractivity contribution in [1.29, 1.82) is 0 Å². The summed E-state index contributed by atoms with van der Waals surface area (Å²) in [6.45, 7) is 3.69. The molecule has 3 heterocycles. The number of para-hydroxylation sites is 2. The minimum atomic E-state index is -0.678. The lowest BCUT2D eigenvalue weighted by Crippen LogP contribution is -2.41. The topological polar surface area (TPSA) is 91.3 Å². The van der Waals surface area contributed by atoms with E-state index in [9.17, 15) is 9.90 Å². The first-order valence-electron chi connectivity index (χ1n) is 11.6. The Labute approximate surface area is 187 Å². The highest BCUT2D eigenvalue weighted by atomic mass is 16.5. The third-order valence-corrected chi connectivity index (χ3v) is 7.11. The maximum atomic E-state index is 11.4. The quantitative estimate of drug-likeness (QED) is 0.608. The van der Waals surface area contributed by atoms with Gasteiger partial charge in [0, 0.05) is 24.8 Å². The van der Waals surface area contributed by atoms with Gasteiger partial charge in [-0.1, -0.05) is 12.1 Å². The molecule has 7 heteroatoms. The Kier molecular flexibility index (Phi) is 5.59. The smallest absolute Gasteiger partial charge is 0.309 e. The maximum absolute atomic E-state index is 11.4. The summed E-state index contributed by atoms with van der Waals surface area (Å²) in [5.41, 5.74) is 2.39. The zero-order valence-electron chi connectivity index (χ0n) is 18.5. The van der Waals surface area contributed by atoms with Gasteiger partial charge in [0.2, 0.25) is 0 Å². The summed E-state index contributed by atoms with van der Waals surface area (Å²) in [6, 6.07) is 12.2. The molecule has 32 heavy (non-hydrogen) atoms. The number of fused-ring (bicyclic) bond motifs is 1. The molecular formula is C25H30N4O3. The summed E-state index contributed by atoms with van der Waals surface area (Å²) in [6.07, 6.45) is 7.36. The van der Waals surface area contributed by atoms with Crippen LogP contribution in [0, 0.1) is 5.41 Å². The van der Waals surface area contributed by atoms with Crippen LogP contribution >= 0.6 is 0 Å². The molecule has 1 saturated heterocycles. The molecule has 0 bridgehead atoms. The van der Waals surface area contributed by atoms with Gasteiger partial charge in [-0.3, -0.25) is 4.79 Å². The molecule has 0 amide bonds. The molecule has 0 radical (unpaired) electrons. The van der Waals surface area contributed by atoms with Gasteiger partial charge in [0.05, 0.1) is 28.7 Å². The molecule has 2 aliphatic rings. The summed E-state index contributed by atoms with van der Waals surface area (Å²) in [7, 11) is 0. The van der Waals surface area contributed by atoms with Gasteiger partial charge in [-0.2, -0.15) is 0 Å². The van der Waals surface area contributed by atoms with Gasteiger partial charge in [0.15, 0.2) is 0 Å². The Morgan fingerprint density at radius 1 is 1.09 bits per heavy atom. The lowest BCUT2D eigenvalue weighted by Gasteiger charge is -2.38. The van der Waals surface area contributed by atoms with Crippen LogP contribution in [-0.4, -0.2) is 51.3 Å². The number of ether oxygens (including phenoxy) is 1. The van der Waals surface area contributed by atoms with Crippen LogP contribution in [-0.2, 0) is 9.53 Å². The van der Waals surface area contributed by atoms with Crippen molar-refractivity contribution < 1.29 is 14.6 Å². The number of pyridine rings is 1. The number of carboxylic acids is 1. The highest BCUT2D eigenvalue weighted by Gasteiger charge is 2.38. The number of carbonyl (C=O) groups is 1. The summed E-state index contributed by atoms with van der Waals surface area (Å²) in [5, 5.41) is 9.40. The number of nitrogens with zero attached hydrogens (tertiary/aromatic N) is 3. The van der Waals surface area contributed by atoms with E-state index in [0.29, 0.717) is 12.8 Å². The first-order chi connectivity index (χ1) is 15.5. The minimum absolute atomic E-state index is 0.195. The average Bonchev–Trinajstić information content (AvgIpc) is 3.26. The number of anilines is 1. The molecule has 1 aliphatic heterocycles. The first-order valence-corrected chi connectivity index (χ1v) is 11.6. The van der Waals surface area contributed by atoms with Crippen molar-refractivity contribution in [3.05, 3.63) is 42.6 Å². The second-order valence-corrected chi connectivity index (χ2v) is 9.40. The molecule has 0 atom stereocenters. The predicted octanol–water partition coefficient (Wildman–Crippen LogP) is 4.64. The van der Waals surface area contributed by atoms with E-state index in [4.69, 9.17) is 9.72 Å².